The van der Waals surface area contributed by atoms with Crippen LogP contribution in [0.3, 0.4) is 0 Å². The van der Waals surface area contributed by atoms with Crippen molar-refractivity contribution in [3.05, 3.63) is 93.5 Å². The highest BCUT2D eigenvalue weighted by Gasteiger charge is 2.37. The van der Waals surface area contributed by atoms with Crippen molar-refractivity contribution in [2.75, 3.05) is 12.0 Å². The van der Waals surface area contributed by atoms with Crippen molar-refractivity contribution in [2.24, 2.45) is 0 Å². The van der Waals surface area contributed by atoms with Crippen molar-refractivity contribution in [1.82, 2.24) is 5.32 Å². The summed E-state index contributed by atoms with van der Waals surface area (Å²) in [5.41, 5.74) is -1.99. The number of urea groups is 1. The third-order valence-corrected chi connectivity index (χ3v) is 5.32. The number of rotatable bonds is 6. The first-order chi connectivity index (χ1) is 18.0. The predicted octanol–water partition coefficient (Wildman–Crippen LogP) is 5.08. The van der Waals surface area contributed by atoms with E-state index < -0.39 is 45.9 Å². The number of amides is 4. The van der Waals surface area contributed by atoms with E-state index in [0.717, 1.165) is 11.0 Å². The normalized spacial score (nSPS) is 14.9. The Balaban J connectivity index is 1.67. The molecule has 3 aromatic rings. The van der Waals surface area contributed by atoms with Crippen molar-refractivity contribution >= 4 is 35.3 Å². The summed E-state index contributed by atoms with van der Waals surface area (Å²) >= 11 is 0. The molecular formula is C25H16F3N3O7. The summed E-state index contributed by atoms with van der Waals surface area (Å²) in [6.45, 7) is 0. The number of carbonyl (C=O) groups is 3. The Kier molecular flexibility index (Phi) is 6.84. The second-order valence-electron chi connectivity index (χ2n) is 7.74. The van der Waals surface area contributed by atoms with Crippen LogP contribution in [0.5, 0.6) is 17.2 Å². The summed E-state index contributed by atoms with van der Waals surface area (Å²) in [4.78, 5) is 48.8. The fraction of sp³-hybridized carbons (Fsp3) is 0.0800. The van der Waals surface area contributed by atoms with Gasteiger partial charge in [-0.2, -0.15) is 13.2 Å². The molecule has 0 bridgehead atoms. The van der Waals surface area contributed by atoms with E-state index in [1.54, 1.807) is 18.2 Å². The van der Waals surface area contributed by atoms with Gasteiger partial charge in [-0.25, -0.2) is 9.69 Å². The molecule has 0 atom stereocenters. The standard InChI is InChI=1S/C25H16F3N3O7/c1-37-21-12-14(11-17-22(32)29-24(34)30(23(17)33)16-5-3-2-4-6-16)7-9-20(21)38-19-10-8-15(25(26,27)28)13-18(19)31(35)36/h2-13H,1H3,(H,29,32,34)/b17-11+. The van der Waals surface area contributed by atoms with Crippen molar-refractivity contribution in [3.8, 4) is 17.2 Å². The first-order valence-corrected chi connectivity index (χ1v) is 10.7. The Morgan fingerprint density at radius 3 is 2.26 bits per heavy atom. The van der Waals surface area contributed by atoms with Crippen molar-refractivity contribution < 1.29 is 42.0 Å². The van der Waals surface area contributed by atoms with Crippen LogP contribution in [0.25, 0.3) is 6.08 Å². The molecule has 10 nitrogen and oxygen atoms in total. The van der Waals surface area contributed by atoms with Gasteiger partial charge in [0.05, 0.1) is 23.3 Å². The van der Waals surface area contributed by atoms with Crippen LogP contribution in [-0.4, -0.2) is 29.9 Å². The van der Waals surface area contributed by atoms with Gasteiger partial charge < -0.3 is 9.47 Å². The number of benzene rings is 3. The van der Waals surface area contributed by atoms with Crippen LogP contribution < -0.4 is 19.7 Å². The number of imide groups is 2. The third-order valence-electron chi connectivity index (χ3n) is 5.32. The molecule has 1 fully saturated rings. The molecule has 4 rings (SSSR count). The maximum absolute atomic E-state index is 13.0. The molecule has 38 heavy (non-hydrogen) atoms. The number of hydrogen-bond acceptors (Lipinski definition) is 7. The number of halogens is 3. The van der Waals surface area contributed by atoms with E-state index in [2.05, 4.69) is 5.32 Å². The van der Waals surface area contributed by atoms with Crippen LogP contribution in [0.4, 0.5) is 29.3 Å². The third kappa shape index (κ3) is 5.16. The number of ether oxygens (including phenoxy) is 2. The van der Waals surface area contributed by atoms with Gasteiger partial charge in [0, 0.05) is 6.07 Å². The summed E-state index contributed by atoms with van der Waals surface area (Å²) in [5, 5.41) is 13.4. The van der Waals surface area contributed by atoms with Crippen LogP contribution in [0.1, 0.15) is 11.1 Å². The van der Waals surface area contributed by atoms with Crippen molar-refractivity contribution in [1.29, 1.82) is 0 Å². The smallest absolute Gasteiger partial charge is 0.416 e. The van der Waals surface area contributed by atoms with Gasteiger partial charge in [-0.1, -0.05) is 24.3 Å². The molecule has 194 valence electrons. The van der Waals surface area contributed by atoms with Crippen LogP contribution in [0.2, 0.25) is 0 Å². The Labute approximate surface area is 212 Å². The maximum Gasteiger partial charge on any atom is 0.416 e. The lowest BCUT2D eigenvalue weighted by Crippen LogP contribution is -2.54. The Morgan fingerprint density at radius 1 is 0.947 bits per heavy atom. The summed E-state index contributed by atoms with van der Waals surface area (Å²) in [5.74, 6) is -2.35. The summed E-state index contributed by atoms with van der Waals surface area (Å²) in [6.07, 6.45) is -3.59. The summed E-state index contributed by atoms with van der Waals surface area (Å²) < 4.78 is 49.7. The lowest BCUT2D eigenvalue weighted by Gasteiger charge is -2.26. The van der Waals surface area contributed by atoms with Gasteiger partial charge in [0.15, 0.2) is 11.5 Å². The second-order valence-corrected chi connectivity index (χ2v) is 7.74. The SMILES string of the molecule is COc1cc(/C=C2\C(=O)NC(=O)N(c3ccccc3)C2=O)ccc1Oc1ccc(C(F)(F)F)cc1[N+](=O)[O-]. The highest BCUT2D eigenvalue weighted by molar-refractivity contribution is 6.39. The van der Waals surface area contributed by atoms with Crippen LogP contribution in [0.15, 0.2) is 72.3 Å². The van der Waals surface area contributed by atoms with Gasteiger partial charge >= 0.3 is 17.9 Å². The summed E-state index contributed by atoms with van der Waals surface area (Å²) in [7, 11) is 1.24. The molecule has 0 aliphatic carbocycles. The zero-order valence-electron chi connectivity index (χ0n) is 19.3. The number of para-hydroxylation sites is 1. The molecule has 0 aromatic heterocycles. The minimum absolute atomic E-state index is 0.00629. The molecule has 4 amide bonds. The van der Waals surface area contributed by atoms with E-state index in [1.165, 1.54) is 43.5 Å². The molecule has 1 saturated heterocycles. The first kappa shape index (κ1) is 25.9. The number of nitro groups is 1. The second kappa shape index (κ2) is 10.0. The molecule has 1 aliphatic heterocycles. The molecule has 0 unspecified atom stereocenters. The van der Waals surface area contributed by atoms with Gasteiger partial charge in [-0.15, -0.1) is 0 Å². The highest BCUT2D eigenvalue weighted by Crippen LogP contribution is 2.40. The molecule has 0 spiro atoms. The lowest BCUT2D eigenvalue weighted by molar-refractivity contribution is -0.385. The average molecular weight is 527 g/mol. The van der Waals surface area contributed by atoms with E-state index in [1.807, 2.05) is 0 Å². The Bertz CT molecular complexity index is 1490. The number of anilines is 1. The molecule has 0 radical (unpaired) electrons. The quantitative estimate of drug-likeness (QED) is 0.205. The van der Waals surface area contributed by atoms with E-state index >= 15 is 0 Å². The minimum atomic E-state index is -4.79. The molecule has 1 N–H and O–H groups in total. The number of nitrogens with one attached hydrogen (secondary N) is 1. The largest absolute Gasteiger partial charge is 0.493 e. The fourth-order valence-electron chi connectivity index (χ4n) is 3.54. The molecule has 1 aliphatic rings. The molecule has 3 aromatic carbocycles. The summed E-state index contributed by atoms with van der Waals surface area (Å²) in [6, 6.07) is 12.8. The monoisotopic (exact) mass is 527 g/mol. The number of hydrogen-bond donors (Lipinski definition) is 1. The molecule has 13 heteroatoms. The number of methoxy groups -OCH3 is 1. The van der Waals surface area contributed by atoms with Gasteiger partial charge in [-0.3, -0.25) is 25.0 Å². The lowest BCUT2D eigenvalue weighted by atomic mass is 10.1. The van der Waals surface area contributed by atoms with Crippen molar-refractivity contribution in [2.45, 2.75) is 6.18 Å². The number of barbiturate groups is 1. The van der Waals surface area contributed by atoms with Gasteiger partial charge in [0.1, 0.15) is 5.57 Å². The zero-order valence-corrected chi connectivity index (χ0v) is 19.3. The first-order valence-electron chi connectivity index (χ1n) is 10.7. The van der Waals surface area contributed by atoms with Gasteiger partial charge in [0.2, 0.25) is 5.75 Å². The number of nitro benzene ring substituents is 1. The Morgan fingerprint density at radius 2 is 1.63 bits per heavy atom. The zero-order chi connectivity index (χ0) is 27.6. The van der Waals surface area contributed by atoms with Crippen LogP contribution in [-0.2, 0) is 15.8 Å². The maximum atomic E-state index is 13.0. The van der Waals surface area contributed by atoms with E-state index in [9.17, 15) is 37.7 Å². The molecule has 0 saturated carbocycles. The number of carbonyl (C=O) groups excluding carboxylic acids is 3. The molecule has 1 heterocycles. The topological polar surface area (TPSA) is 128 Å². The van der Waals surface area contributed by atoms with Gasteiger partial charge in [0.25, 0.3) is 11.8 Å². The van der Waals surface area contributed by atoms with Crippen LogP contribution >= 0.6 is 0 Å². The number of alkyl halides is 3. The Hall–Kier alpha value is -5.20. The highest BCUT2D eigenvalue weighted by atomic mass is 19.4. The van der Waals surface area contributed by atoms with Crippen molar-refractivity contribution in [3.63, 3.8) is 0 Å². The van der Waals surface area contributed by atoms with E-state index in [0.29, 0.717) is 12.1 Å². The van der Waals surface area contributed by atoms with Crippen LogP contribution in [0, 0.1) is 10.1 Å². The van der Waals surface area contributed by atoms with Gasteiger partial charge in [-0.05, 0) is 48.0 Å². The number of nitrogens with zero attached hydrogens (tertiary/aromatic N) is 2. The van der Waals surface area contributed by atoms with E-state index in [4.69, 9.17) is 9.47 Å². The minimum Gasteiger partial charge on any atom is -0.493 e. The van der Waals surface area contributed by atoms with E-state index in [-0.39, 0.29) is 28.3 Å². The predicted molar refractivity (Wildman–Crippen MR) is 127 cm³/mol. The average Bonchev–Trinajstić information content (AvgIpc) is 2.87. The fourth-order valence-corrected chi connectivity index (χ4v) is 3.54. The molecular weight excluding hydrogens is 511 g/mol.